The minimum absolute atomic E-state index is 0.137. The Morgan fingerprint density at radius 1 is 1.03 bits per heavy atom. The van der Waals surface area contributed by atoms with Gasteiger partial charge in [0.2, 0.25) is 0 Å². The van der Waals surface area contributed by atoms with E-state index in [1.54, 1.807) is 29.2 Å². The van der Waals surface area contributed by atoms with Gasteiger partial charge in [0.25, 0.3) is 11.7 Å². The van der Waals surface area contributed by atoms with Crippen molar-refractivity contribution in [2.24, 2.45) is 0 Å². The zero-order valence-corrected chi connectivity index (χ0v) is 18.2. The molecular formula is C23H25BrN2O3. The summed E-state index contributed by atoms with van der Waals surface area (Å²) in [6, 6.07) is 15.8. The zero-order valence-electron chi connectivity index (χ0n) is 16.6. The van der Waals surface area contributed by atoms with E-state index in [1.165, 1.54) is 0 Å². The lowest BCUT2D eigenvalue weighted by Gasteiger charge is -2.28. The number of amides is 1. The number of likely N-dealkylation sites (N-methyl/N-ethyl adjacent to an activating group) is 1. The predicted molar refractivity (Wildman–Crippen MR) is 117 cm³/mol. The minimum atomic E-state index is -0.640. The average molecular weight is 457 g/mol. The molecule has 1 amide bonds. The van der Waals surface area contributed by atoms with Gasteiger partial charge in [-0.25, -0.2) is 0 Å². The number of rotatable bonds is 7. The quantitative estimate of drug-likeness (QED) is 0.385. The van der Waals surface area contributed by atoms with Crippen molar-refractivity contribution in [1.82, 2.24) is 9.80 Å². The minimum Gasteiger partial charge on any atom is -0.507 e. The third-order valence-electron chi connectivity index (χ3n) is 5.32. The van der Waals surface area contributed by atoms with E-state index in [0.717, 1.165) is 23.1 Å². The van der Waals surface area contributed by atoms with Crippen LogP contribution >= 0.6 is 15.9 Å². The monoisotopic (exact) mass is 456 g/mol. The molecule has 2 aromatic carbocycles. The molecule has 1 aliphatic rings. The van der Waals surface area contributed by atoms with E-state index < -0.39 is 17.7 Å². The topological polar surface area (TPSA) is 60.9 Å². The molecule has 1 N–H and O–H groups in total. The summed E-state index contributed by atoms with van der Waals surface area (Å²) in [4.78, 5) is 29.6. The van der Waals surface area contributed by atoms with Crippen LogP contribution in [0.3, 0.4) is 0 Å². The fourth-order valence-electron chi connectivity index (χ4n) is 3.64. The first-order valence-corrected chi connectivity index (χ1v) is 10.6. The molecule has 5 nitrogen and oxygen atoms in total. The second-order valence-corrected chi connectivity index (χ2v) is 7.85. The van der Waals surface area contributed by atoms with Gasteiger partial charge in [-0.1, -0.05) is 72.2 Å². The Labute approximate surface area is 179 Å². The predicted octanol–water partition coefficient (Wildman–Crippen LogP) is 4.21. The van der Waals surface area contributed by atoms with E-state index in [0.29, 0.717) is 18.7 Å². The third-order valence-corrected chi connectivity index (χ3v) is 5.85. The number of ketones is 1. The summed E-state index contributed by atoms with van der Waals surface area (Å²) in [6.45, 7) is 6.95. The molecule has 1 saturated heterocycles. The molecule has 3 rings (SSSR count). The summed E-state index contributed by atoms with van der Waals surface area (Å²) in [5, 5.41) is 10.9. The number of halogens is 1. The highest BCUT2D eigenvalue weighted by Gasteiger charge is 2.45. The van der Waals surface area contributed by atoms with E-state index in [9.17, 15) is 14.7 Å². The molecule has 29 heavy (non-hydrogen) atoms. The van der Waals surface area contributed by atoms with Crippen LogP contribution < -0.4 is 0 Å². The van der Waals surface area contributed by atoms with Crippen molar-refractivity contribution in [2.75, 3.05) is 26.2 Å². The van der Waals surface area contributed by atoms with Gasteiger partial charge in [-0.15, -0.1) is 0 Å². The van der Waals surface area contributed by atoms with Crippen LogP contribution in [0.15, 0.2) is 64.6 Å². The molecule has 1 atom stereocenters. The number of carbonyl (C=O) groups is 2. The van der Waals surface area contributed by atoms with Gasteiger partial charge in [0.05, 0.1) is 11.6 Å². The number of hydrogen-bond donors (Lipinski definition) is 1. The van der Waals surface area contributed by atoms with Gasteiger partial charge in [0.1, 0.15) is 5.76 Å². The molecule has 0 aromatic heterocycles. The van der Waals surface area contributed by atoms with Crippen LogP contribution in [0, 0.1) is 0 Å². The summed E-state index contributed by atoms with van der Waals surface area (Å²) >= 11 is 3.43. The SMILES string of the molecule is CCN(CC)CCN1C(=O)C(=O)C(=C(O)c2ccccc2)[C@H]1c1ccc(Br)cc1. The number of nitrogens with zero attached hydrogens (tertiary/aromatic N) is 2. The Morgan fingerprint density at radius 3 is 2.24 bits per heavy atom. The number of Topliss-reactive ketones (excluding diaryl/α,β-unsaturated/α-hetero) is 1. The number of aliphatic hydroxyl groups excluding tert-OH is 1. The number of carbonyl (C=O) groups excluding carboxylic acids is 2. The second kappa shape index (κ2) is 9.37. The number of likely N-dealkylation sites (tertiary alicyclic amines) is 1. The maximum Gasteiger partial charge on any atom is 0.295 e. The summed E-state index contributed by atoms with van der Waals surface area (Å²) in [7, 11) is 0. The molecule has 0 unspecified atom stereocenters. The van der Waals surface area contributed by atoms with Crippen molar-refractivity contribution in [2.45, 2.75) is 19.9 Å². The molecule has 2 aromatic rings. The van der Waals surface area contributed by atoms with Gasteiger partial charge in [0.15, 0.2) is 0 Å². The first kappa shape index (κ1) is 21.3. The molecule has 152 valence electrons. The molecule has 0 radical (unpaired) electrons. The highest BCUT2D eigenvalue weighted by molar-refractivity contribution is 9.10. The number of benzene rings is 2. The molecular weight excluding hydrogens is 432 g/mol. The van der Waals surface area contributed by atoms with E-state index in [1.807, 2.05) is 30.3 Å². The van der Waals surface area contributed by atoms with Crippen LogP contribution in [0.4, 0.5) is 0 Å². The highest BCUT2D eigenvalue weighted by atomic mass is 79.9. The highest BCUT2D eigenvalue weighted by Crippen LogP contribution is 2.39. The van der Waals surface area contributed by atoms with Crippen molar-refractivity contribution in [3.63, 3.8) is 0 Å². The first-order valence-electron chi connectivity index (χ1n) is 9.79. The van der Waals surface area contributed by atoms with Crippen LogP contribution in [0.25, 0.3) is 5.76 Å². The van der Waals surface area contributed by atoms with Crippen LogP contribution in [-0.4, -0.2) is 52.8 Å². The fraction of sp³-hybridized carbons (Fsp3) is 0.304. The maximum absolute atomic E-state index is 12.9. The van der Waals surface area contributed by atoms with Gasteiger partial charge in [0, 0.05) is 23.1 Å². The third kappa shape index (κ3) is 4.43. The molecule has 0 spiro atoms. The Kier molecular flexibility index (Phi) is 6.87. The smallest absolute Gasteiger partial charge is 0.295 e. The fourth-order valence-corrected chi connectivity index (χ4v) is 3.91. The van der Waals surface area contributed by atoms with E-state index in [4.69, 9.17) is 0 Å². The Balaban J connectivity index is 2.07. The second-order valence-electron chi connectivity index (χ2n) is 6.94. The molecule has 6 heteroatoms. The summed E-state index contributed by atoms with van der Waals surface area (Å²) in [6.07, 6.45) is 0. The number of aliphatic hydroxyl groups is 1. The maximum atomic E-state index is 12.9. The average Bonchev–Trinajstić information content (AvgIpc) is 3.00. The van der Waals surface area contributed by atoms with Gasteiger partial charge in [-0.05, 0) is 30.8 Å². The van der Waals surface area contributed by atoms with E-state index in [2.05, 4.69) is 34.7 Å². The molecule has 1 heterocycles. The number of hydrogen-bond acceptors (Lipinski definition) is 4. The largest absolute Gasteiger partial charge is 0.507 e. The Morgan fingerprint density at radius 2 is 1.66 bits per heavy atom. The molecule has 0 saturated carbocycles. The summed E-state index contributed by atoms with van der Waals surface area (Å²) in [5.41, 5.74) is 1.46. The van der Waals surface area contributed by atoms with Crippen LogP contribution in [0.5, 0.6) is 0 Å². The normalized spacial score (nSPS) is 18.6. The van der Waals surface area contributed by atoms with Gasteiger partial charge in [-0.2, -0.15) is 0 Å². The lowest BCUT2D eigenvalue weighted by molar-refractivity contribution is -0.140. The van der Waals surface area contributed by atoms with Gasteiger partial charge in [-0.3, -0.25) is 9.59 Å². The molecule has 1 fully saturated rings. The van der Waals surface area contributed by atoms with E-state index in [-0.39, 0.29) is 11.3 Å². The van der Waals surface area contributed by atoms with Crippen molar-refractivity contribution in [3.05, 3.63) is 75.8 Å². The first-order chi connectivity index (χ1) is 14.0. The van der Waals surface area contributed by atoms with E-state index >= 15 is 0 Å². The summed E-state index contributed by atoms with van der Waals surface area (Å²) < 4.78 is 0.907. The van der Waals surface area contributed by atoms with Crippen molar-refractivity contribution in [3.8, 4) is 0 Å². The van der Waals surface area contributed by atoms with Crippen molar-refractivity contribution >= 4 is 33.4 Å². The Bertz CT molecular complexity index is 905. The molecule has 0 aliphatic carbocycles. The van der Waals surface area contributed by atoms with Crippen LogP contribution in [0.1, 0.15) is 31.0 Å². The standard InChI is InChI=1S/C23H25BrN2O3/c1-3-25(4-2)14-15-26-20(16-10-12-18(24)13-11-16)19(22(28)23(26)29)21(27)17-8-6-5-7-9-17/h5-13,20,27H,3-4,14-15H2,1-2H3/t20-/m1/s1. The van der Waals surface area contributed by atoms with Crippen molar-refractivity contribution < 1.29 is 14.7 Å². The lowest BCUT2D eigenvalue weighted by atomic mass is 9.95. The van der Waals surface area contributed by atoms with Crippen LogP contribution in [-0.2, 0) is 9.59 Å². The molecule has 1 aliphatic heterocycles. The van der Waals surface area contributed by atoms with Gasteiger partial charge < -0.3 is 14.9 Å². The molecule has 0 bridgehead atoms. The van der Waals surface area contributed by atoms with Crippen molar-refractivity contribution in [1.29, 1.82) is 0 Å². The van der Waals surface area contributed by atoms with Gasteiger partial charge >= 0.3 is 0 Å². The Hall–Kier alpha value is -2.44. The lowest BCUT2D eigenvalue weighted by Crippen LogP contribution is -2.38. The zero-order chi connectivity index (χ0) is 21.0. The van der Waals surface area contributed by atoms with Crippen LogP contribution in [0.2, 0.25) is 0 Å². The summed E-state index contributed by atoms with van der Waals surface area (Å²) in [5.74, 6) is -1.34.